The second-order valence-electron chi connectivity index (χ2n) is 12.5. The Bertz CT molecular complexity index is 924. The highest BCUT2D eigenvalue weighted by Crippen LogP contribution is 2.69. The van der Waals surface area contributed by atoms with Crippen molar-refractivity contribution in [3.8, 4) is 0 Å². The summed E-state index contributed by atoms with van der Waals surface area (Å²) in [6.45, 7) is 11.1. The normalized spacial score (nSPS) is 44.2. The minimum atomic E-state index is -0.639. The van der Waals surface area contributed by atoms with Crippen molar-refractivity contribution >= 4 is 17.5 Å². The van der Waals surface area contributed by atoms with Gasteiger partial charge in [0.05, 0.1) is 0 Å². The summed E-state index contributed by atoms with van der Waals surface area (Å²) in [6.07, 6.45) is 12.2. The molecule has 4 heteroatoms. The lowest BCUT2D eigenvalue weighted by molar-refractivity contribution is -0.143. The van der Waals surface area contributed by atoms with E-state index in [-0.39, 0.29) is 28.3 Å². The van der Waals surface area contributed by atoms with Gasteiger partial charge in [-0.25, -0.2) is 0 Å². The van der Waals surface area contributed by atoms with Crippen LogP contribution >= 0.6 is 0 Å². The van der Waals surface area contributed by atoms with Gasteiger partial charge in [-0.05, 0) is 84.7 Å². The average molecular weight is 453 g/mol. The van der Waals surface area contributed by atoms with E-state index in [1.807, 2.05) is 6.92 Å². The molecule has 5 aliphatic rings. The second kappa shape index (κ2) is 7.92. The molecule has 5 aliphatic carbocycles. The highest BCUT2D eigenvalue weighted by Gasteiger charge is 2.63. The summed E-state index contributed by atoms with van der Waals surface area (Å²) < 4.78 is 0. The molecule has 0 bridgehead atoms. The van der Waals surface area contributed by atoms with Crippen LogP contribution in [-0.2, 0) is 14.4 Å². The van der Waals surface area contributed by atoms with Gasteiger partial charge in [0.2, 0.25) is 11.6 Å². The van der Waals surface area contributed by atoms with Crippen LogP contribution in [0, 0.1) is 52.3 Å². The molecule has 0 aromatic heterocycles. The van der Waals surface area contributed by atoms with Crippen LogP contribution in [0.5, 0.6) is 0 Å². The van der Waals surface area contributed by atoms with Crippen molar-refractivity contribution in [1.82, 2.24) is 0 Å². The van der Waals surface area contributed by atoms with Crippen molar-refractivity contribution in [2.45, 2.75) is 85.0 Å². The first kappa shape index (κ1) is 23.1. The lowest BCUT2D eigenvalue weighted by Gasteiger charge is -2.60. The monoisotopic (exact) mass is 452 g/mol. The zero-order valence-electron chi connectivity index (χ0n) is 20.6. The molecule has 0 aromatic rings. The summed E-state index contributed by atoms with van der Waals surface area (Å²) in [4.78, 5) is 37.0. The predicted octanol–water partition coefficient (Wildman–Crippen LogP) is 6.01. The molecule has 4 saturated carbocycles. The number of carbonyl (C=O) groups excluding carboxylic acids is 2. The molecule has 3 unspecified atom stereocenters. The molecule has 0 saturated heterocycles. The Labute approximate surface area is 198 Å². The van der Waals surface area contributed by atoms with Crippen molar-refractivity contribution in [3.63, 3.8) is 0 Å². The van der Waals surface area contributed by atoms with Gasteiger partial charge in [0, 0.05) is 17.8 Å². The standard InChI is InChI=1S/C29H40O4/c1-16-13-20-22-10-9-21(19(14-26(31)32)18-7-5-6-8-18)28(22,3)12-11-23(20)29(4)17(2)27(33)25(30)15-24(16)29/h15,17-23H,1,5-14H2,2-4H3,(H,31,32)/t17?,19?,20-,21?,22-,23+,28+,29+/m0/s1. The largest absolute Gasteiger partial charge is 0.481 e. The molecule has 180 valence electrons. The van der Waals surface area contributed by atoms with E-state index in [1.165, 1.54) is 25.7 Å². The highest BCUT2D eigenvalue weighted by molar-refractivity contribution is 6.43. The van der Waals surface area contributed by atoms with Gasteiger partial charge >= 0.3 is 5.97 Å². The van der Waals surface area contributed by atoms with Crippen LogP contribution in [0.4, 0.5) is 0 Å². The first-order valence-electron chi connectivity index (χ1n) is 13.3. The van der Waals surface area contributed by atoms with Crippen LogP contribution in [0.2, 0.25) is 0 Å². The third-order valence-electron chi connectivity index (χ3n) is 11.5. The Morgan fingerprint density at radius 3 is 2.48 bits per heavy atom. The number of fused-ring (bicyclic) bond motifs is 5. The fourth-order valence-corrected chi connectivity index (χ4v) is 9.76. The molecule has 8 atom stereocenters. The van der Waals surface area contributed by atoms with Gasteiger partial charge in [-0.1, -0.05) is 58.6 Å². The van der Waals surface area contributed by atoms with Crippen molar-refractivity contribution in [2.75, 3.05) is 0 Å². The summed E-state index contributed by atoms with van der Waals surface area (Å²) in [5.41, 5.74) is 1.95. The maximum atomic E-state index is 12.8. The summed E-state index contributed by atoms with van der Waals surface area (Å²) in [5, 5.41) is 9.77. The molecular weight excluding hydrogens is 412 g/mol. The number of hydrogen-bond donors (Lipinski definition) is 1. The molecule has 0 amide bonds. The third kappa shape index (κ3) is 3.26. The molecule has 33 heavy (non-hydrogen) atoms. The van der Waals surface area contributed by atoms with E-state index in [4.69, 9.17) is 0 Å². The van der Waals surface area contributed by atoms with Crippen LogP contribution in [0.1, 0.15) is 85.0 Å². The SMILES string of the molecule is C=C1C[C@@H]2[C@@H](CC[C@]3(C)C(C(CC(=O)O)C4CCCC4)CC[C@@H]23)[C@]2(C)C1=CC(=O)C(=O)C2C. The smallest absolute Gasteiger partial charge is 0.303 e. The summed E-state index contributed by atoms with van der Waals surface area (Å²) in [7, 11) is 0. The van der Waals surface area contributed by atoms with E-state index in [0.717, 1.165) is 43.3 Å². The minimum Gasteiger partial charge on any atom is -0.481 e. The number of rotatable bonds is 4. The number of carboxylic acids is 1. The molecule has 4 nitrogen and oxygen atoms in total. The van der Waals surface area contributed by atoms with E-state index < -0.39 is 5.97 Å². The molecule has 0 heterocycles. The topological polar surface area (TPSA) is 71.4 Å². The Kier molecular flexibility index (Phi) is 5.53. The quantitative estimate of drug-likeness (QED) is 0.531. The van der Waals surface area contributed by atoms with E-state index in [0.29, 0.717) is 41.9 Å². The van der Waals surface area contributed by atoms with Crippen LogP contribution < -0.4 is 0 Å². The lowest BCUT2D eigenvalue weighted by Crippen LogP contribution is -2.55. The van der Waals surface area contributed by atoms with Crippen LogP contribution in [0.15, 0.2) is 23.8 Å². The van der Waals surface area contributed by atoms with E-state index in [2.05, 4.69) is 20.4 Å². The second-order valence-corrected chi connectivity index (χ2v) is 12.5. The van der Waals surface area contributed by atoms with Crippen LogP contribution in [0.3, 0.4) is 0 Å². The van der Waals surface area contributed by atoms with Gasteiger partial charge in [0.15, 0.2) is 0 Å². The molecule has 1 N–H and O–H groups in total. The van der Waals surface area contributed by atoms with Crippen molar-refractivity contribution in [3.05, 3.63) is 23.8 Å². The summed E-state index contributed by atoms with van der Waals surface area (Å²) in [5.74, 6) is 1.22. The lowest BCUT2D eigenvalue weighted by atomic mass is 9.43. The number of carbonyl (C=O) groups is 3. The Morgan fingerprint density at radius 2 is 1.82 bits per heavy atom. The molecule has 4 fully saturated rings. The summed E-state index contributed by atoms with van der Waals surface area (Å²) in [6, 6.07) is 0. The maximum absolute atomic E-state index is 12.8. The number of carboxylic acid groups (broad SMARTS) is 1. The fraction of sp³-hybridized carbons (Fsp3) is 0.759. The van der Waals surface area contributed by atoms with Crippen molar-refractivity contribution in [1.29, 1.82) is 0 Å². The van der Waals surface area contributed by atoms with E-state index in [9.17, 15) is 19.5 Å². The van der Waals surface area contributed by atoms with Gasteiger partial charge in [-0.15, -0.1) is 0 Å². The average Bonchev–Trinajstić information content (AvgIpc) is 3.40. The number of hydrogen-bond acceptors (Lipinski definition) is 3. The Balaban J connectivity index is 1.48. The fourth-order valence-electron chi connectivity index (χ4n) is 9.76. The molecular formula is C29H40O4. The molecule has 0 spiro atoms. The third-order valence-corrected chi connectivity index (χ3v) is 11.5. The predicted molar refractivity (Wildman–Crippen MR) is 127 cm³/mol. The molecule has 0 radical (unpaired) electrons. The Morgan fingerprint density at radius 1 is 1.12 bits per heavy atom. The number of aliphatic carboxylic acids is 1. The summed E-state index contributed by atoms with van der Waals surface area (Å²) >= 11 is 0. The molecule has 0 aliphatic heterocycles. The minimum absolute atomic E-state index is 0.166. The Hall–Kier alpha value is -1.71. The molecule has 5 rings (SSSR count). The van der Waals surface area contributed by atoms with Crippen LogP contribution in [-0.4, -0.2) is 22.6 Å². The van der Waals surface area contributed by atoms with Crippen molar-refractivity contribution < 1.29 is 19.5 Å². The zero-order chi connectivity index (χ0) is 23.7. The van der Waals surface area contributed by atoms with Crippen LogP contribution in [0.25, 0.3) is 0 Å². The molecule has 0 aromatic carbocycles. The van der Waals surface area contributed by atoms with Gasteiger partial charge in [-0.2, -0.15) is 0 Å². The first-order valence-corrected chi connectivity index (χ1v) is 13.3. The van der Waals surface area contributed by atoms with Gasteiger partial charge < -0.3 is 5.11 Å². The number of allylic oxidation sites excluding steroid dienone is 2. The maximum Gasteiger partial charge on any atom is 0.303 e. The van der Waals surface area contributed by atoms with Crippen molar-refractivity contribution in [2.24, 2.45) is 52.3 Å². The van der Waals surface area contributed by atoms with Gasteiger partial charge in [0.25, 0.3) is 0 Å². The first-order chi connectivity index (χ1) is 15.6. The highest BCUT2D eigenvalue weighted by atomic mass is 16.4. The number of Topliss-reactive ketones (excluding diaryl/α,β-unsaturated/α-hetero) is 1. The van der Waals surface area contributed by atoms with Gasteiger partial charge in [0.1, 0.15) is 0 Å². The number of ketones is 2. The van der Waals surface area contributed by atoms with E-state index in [1.54, 1.807) is 6.08 Å². The van der Waals surface area contributed by atoms with E-state index >= 15 is 0 Å². The zero-order valence-corrected chi connectivity index (χ0v) is 20.6. The van der Waals surface area contributed by atoms with Gasteiger partial charge in [-0.3, -0.25) is 14.4 Å².